The summed E-state index contributed by atoms with van der Waals surface area (Å²) in [4.78, 5) is 20.0. The van der Waals surface area contributed by atoms with Crippen LogP contribution < -0.4 is 10.1 Å². The molecule has 0 atom stereocenters. The van der Waals surface area contributed by atoms with Gasteiger partial charge < -0.3 is 10.1 Å². The number of anilines is 1. The van der Waals surface area contributed by atoms with E-state index in [2.05, 4.69) is 15.3 Å². The summed E-state index contributed by atoms with van der Waals surface area (Å²) in [5, 5.41) is 3.77. The number of nitrogens with one attached hydrogen (secondary N) is 1. The van der Waals surface area contributed by atoms with Crippen LogP contribution in [-0.4, -0.2) is 22.5 Å². The van der Waals surface area contributed by atoms with E-state index in [0.29, 0.717) is 26.6 Å². The van der Waals surface area contributed by atoms with Gasteiger partial charge in [0.05, 0.1) is 15.9 Å². The molecule has 122 valence electrons. The lowest BCUT2D eigenvalue weighted by Crippen LogP contribution is -2.20. The summed E-state index contributed by atoms with van der Waals surface area (Å²) in [5.41, 5.74) is 0.804. The summed E-state index contributed by atoms with van der Waals surface area (Å²) in [6.45, 7) is -0.313. The van der Waals surface area contributed by atoms with E-state index in [1.165, 1.54) is 24.5 Å². The van der Waals surface area contributed by atoms with Gasteiger partial charge in [-0.2, -0.15) is 0 Å². The van der Waals surface area contributed by atoms with Crippen molar-refractivity contribution < 1.29 is 13.9 Å². The van der Waals surface area contributed by atoms with Crippen LogP contribution in [-0.2, 0) is 4.79 Å². The van der Waals surface area contributed by atoms with E-state index in [4.69, 9.17) is 27.9 Å². The lowest BCUT2D eigenvalue weighted by atomic mass is 10.2. The van der Waals surface area contributed by atoms with Crippen LogP contribution >= 0.6 is 23.2 Å². The molecule has 1 heterocycles. The molecule has 0 bridgehead atoms. The summed E-state index contributed by atoms with van der Waals surface area (Å²) >= 11 is 12.0. The number of aromatic nitrogens is 2. The number of rotatable bonds is 4. The Bertz CT molecular complexity index is 921. The van der Waals surface area contributed by atoms with Gasteiger partial charge in [-0.3, -0.25) is 4.79 Å². The van der Waals surface area contributed by atoms with Gasteiger partial charge in [-0.05, 0) is 30.3 Å². The van der Waals surface area contributed by atoms with Gasteiger partial charge in [0.25, 0.3) is 5.91 Å². The van der Waals surface area contributed by atoms with Crippen molar-refractivity contribution in [2.45, 2.75) is 0 Å². The Balaban J connectivity index is 1.75. The molecule has 1 N–H and O–H groups in total. The number of benzene rings is 2. The van der Waals surface area contributed by atoms with Crippen molar-refractivity contribution in [1.82, 2.24) is 9.97 Å². The number of ether oxygens (including phenoxy) is 1. The zero-order valence-electron chi connectivity index (χ0n) is 12.1. The average molecular weight is 366 g/mol. The highest BCUT2D eigenvalue weighted by molar-refractivity contribution is 6.38. The molecule has 2 aromatic carbocycles. The molecule has 8 heteroatoms. The molecule has 0 saturated carbocycles. The molecule has 0 aliphatic rings. The monoisotopic (exact) mass is 365 g/mol. The van der Waals surface area contributed by atoms with Crippen LogP contribution in [0.2, 0.25) is 10.0 Å². The van der Waals surface area contributed by atoms with Gasteiger partial charge in [-0.1, -0.05) is 29.3 Å². The van der Waals surface area contributed by atoms with Crippen LogP contribution in [0.15, 0.2) is 42.7 Å². The number of carbonyl (C=O) groups is 1. The molecule has 0 radical (unpaired) electrons. The molecule has 3 rings (SSSR count). The molecule has 1 aromatic heterocycles. The van der Waals surface area contributed by atoms with E-state index in [9.17, 15) is 9.18 Å². The van der Waals surface area contributed by atoms with Gasteiger partial charge in [0.2, 0.25) is 5.88 Å². The first-order chi connectivity index (χ1) is 11.5. The normalized spacial score (nSPS) is 10.6. The number of hydrogen-bond donors (Lipinski definition) is 1. The molecule has 0 saturated heterocycles. The highest BCUT2D eigenvalue weighted by atomic mass is 35.5. The molecule has 1 amide bonds. The maximum atomic E-state index is 13.1. The summed E-state index contributed by atoms with van der Waals surface area (Å²) < 4.78 is 18.5. The second-order valence-electron chi connectivity index (χ2n) is 4.81. The molecule has 0 fully saturated rings. The lowest BCUT2D eigenvalue weighted by molar-refractivity contribution is -0.118. The predicted molar refractivity (Wildman–Crippen MR) is 90.1 cm³/mol. The first kappa shape index (κ1) is 16.4. The second-order valence-corrected chi connectivity index (χ2v) is 5.65. The maximum Gasteiger partial charge on any atom is 0.262 e. The van der Waals surface area contributed by atoms with E-state index in [1.807, 2.05) is 0 Å². The van der Waals surface area contributed by atoms with Gasteiger partial charge in [-0.15, -0.1) is 0 Å². The van der Waals surface area contributed by atoms with Crippen LogP contribution in [0.5, 0.6) is 5.88 Å². The van der Waals surface area contributed by atoms with E-state index in [1.54, 1.807) is 18.2 Å². The Hall–Kier alpha value is -2.44. The third kappa shape index (κ3) is 3.72. The van der Waals surface area contributed by atoms with Crippen molar-refractivity contribution in [2.24, 2.45) is 0 Å². The van der Waals surface area contributed by atoms with Crippen LogP contribution in [0, 0.1) is 5.82 Å². The minimum absolute atomic E-state index is 0.179. The van der Waals surface area contributed by atoms with Crippen molar-refractivity contribution in [3.63, 3.8) is 0 Å². The van der Waals surface area contributed by atoms with Crippen LogP contribution in [0.3, 0.4) is 0 Å². The Morgan fingerprint density at radius 1 is 1.21 bits per heavy atom. The number of amides is 1. The van der Waals surface area contributed by atoms with Crippen molar-refractivity contribution in [3.8, 4) is 5.88 Å². The van der Waals surface area contributed by atoms with Gasteiger partial charge in [-0.25, -0.2) is 14.4 Å². The van der Waals surface area contributed by atoms with Crippen LogP contribution in [0.4, 0.5) is 10.1 Å². The van der Waals surface area contributed by atoms with Gasteiger partial charge in [0, 0.05) is 10.7 Å². The molecule has 3 aromatic rings. The fourth-order valence-corrected chi connectivity index (χ4v) is 2.62. The third-order valence-corrected chi connectivity index (χ3v) is 3.58. The van der Waals surface area contributed by atoms with Crippen molar-refractivity contribution in [3.05, 3.63) is 58.6 Å². The number of carbonyl (C=O) groups excluding carboxylic acids is 1. The number of halogens is 3. The van der Waals surface area contributed by atoms with Crippen molar-refractivity contribution in [2.75, 3.05) is 11.9 Å². The van der Waals surface area contributed by atoms with Crippen molar-refractivity contribution >= 4 is 45.7 Å². The quantitative estimate of drug-likeness (QED) is 0.755. The summed E-state index contributed by atoms with van der Waals surface area (Å²) in [5.74, 6) is -0.723. The maximum absolute atomic E-state index is 13.1. The Morgan fingerprint density at radius 3 is 2.83 bits per heavy atom. The van der Waals surface area contributed by atoms with Crippen LogP contribution in [0.1, 0.15) is 0 Å². The molecule has 24 heavy (non-hydrogen) atoms. The molecule has 0 aliphatic carbocycles. The minimum Gasteiger partial charge on any atom is -0.467 e. The fraction of sp³-hybridized carbons (Fsp3) is 0.0625. The molecular weight excluding hydrogens is 356 g/mol. The third-order valence-electron chi connectivity index (χ3n) is 3.07. The Kier molecular flexibility index (Phi) is 4.78. The Morgan fingerprint density at radius 2 is 2.04 bits per heavy atom. The molecule has 0 spiro atoms. The van der Waals surface area contributed by atoms with Crippen LogP contribution in [0.25, 0.3) is 10.9 Å². The minimum atomic E-state index is -0.458. The smallest absolute Gasteiger partial charge is 0.262 e. The average Bonchev–Trinajstić information content (AvgIpc) is 2.53. The molecule has 5 nitrogen and oxygen atoms in total. The number of nitrogens with zero attached hydrogens (tertiary/aromatic N) is 2. The SMILES string of the molecule is O=C(COc1ncnc2c(Cl)cc(Cl)cc12)Nc1cccc(F)c1. The van der Waals surface area contributed by atoms with Gasteiger partial charge in [0.15, 0.2) is 6.61 Å². The van der Waals surface area contributed by atoms with Crippen molar-refractivity contribution in [1.29, 1.82) is 0 Å². The van der Waals surface area contributed by atoms with E-state index >= 15 is 0 Å². The standard InChI is InChI=1S/C16H10Cl2FN3O2/c17-9-4-12-15(13(18)5-9)20-8-21-16(12)24-7-14(23)22-11-3-1-2-10(19)6-11/h1-6,8H,7H2,(H,22,23). The summed E-state index contributed by atoms with van der Waals surface area (Å²) in [7, 11) is 0. The predicted octanol–water partition coefficient (Wildman–Crippen LogP) is 4.09. The fourth-order valence-electron chi connectivity index (χ4n) is 2.08. The molecule has 0 unspecified atom stereocenters. The first-order valence-corrected chi connectivity index (χ1v) is 7.56. The second kappa shape index (κ2) is 6.98. The van der Waals surface area contributed by atoms with Gasteiger partial charge in [0.1, 0.15) is 12.1 Å². The first-order valence-electron chi connectivity index (χ1n) is 6.81. The zero-order valence-corrected chi connectivity index (χ0v) is 13.6. The molecule has 0 aliphatic heterocycles. The highest BCUT2D eigenvalue weighted by Gasteiger charge is 2.11. The topological polar surface area (TPSA) is 64.1 Å². The highest BCUT2D eigenvalue weighted by Crippen LogP contribution is 2.30. The zero-order chi connectivity index (χ0) is 17.1. The lowest BCUT2D eigenvalue weighted by Gasteiger charge is -2.09. The van der Waals surface area contributed by atoms with E-state index in [0.717, 1.165) is 0 Å². The summed E-state index contributed by atoms with van der Waals surface area (Å²) in [6.07, 6.45) is 1.28. The van der Waals surface area contributed by atoms with Gasteiger partial charge >= 0.3 is 0 Å². The number of fused-ring (bicyclic) bond motifs is 1. The Labute approximate surface area is 146 Å². The summed E-state index contributed by atoms with van der Waals surface area (Å²) in [6, 6.07) is 8.71. The van der Waals surface area contributed by atoms with E-state index in [-0.39, 0.29) is 12.5 Å². The number of hydrogen-bond acceptors (Lipinski definition) is 4. The van der Waals surface area contributed by atoms with E-state index < -0.39 is 11.7 Å². The molecular formula is C16H10Cl2FN3O2. The largest absolute Gasteiger partial charge is 0.467 e.